The predicted octanol–water partition coefficient (Wildman–Crippen LogP) is 0.978. The zero-order valence-corrected chi connectivity index (χ0v) is 16.6. The predicted molar refractivity (Wildman–Crippen MR) is 96.4 cm³/mol. The summed E-state index contributed by atoms with van der Waals surface area (Å²) in [6, 6.07) is 2.54. The molecule has 0 radical (unpaired) electrons. The van der Waals surface area contributed by atoms with Gasteiger partial charge in [0, 0.05) is 32.2 Å². The topological polar surface area (TPSA) is 74.8 Å². The van der Waals surface area contributed by atoms with Gasteiger partial charge >= 0.3 is 0 Å². The summed E-state index contributed by atoms with van der Waals surface area (Å²) in [5.41, 5.74) is 0. The lowest BCUT2D eigenvalue weighted by Gasteiger charge is -2.38. The van der Waals surface area contributed by atoms with Crippen molar-refractivity contribution >= 4 is 42.6 Å². The molecule has 2 atom stereocenters. The van der Waals surface area contributed by atoms with E-state index >= 15 is 0 Å². The Morgan fingerprint density at radius 3 is 2.42 bits per heavy atom. The van der Waals surface area contributed by atoms with Crippen LogP contribution in [0.3, 0.4) is 0 Å². The molecular formula is C14H21ClN2O4S3. The monoisotopic (exact) mass is 412 g/mol. The van der Waals surface area contributed by atoms with Crippen LogP contribution in [0.4, 0.5) is 0 Å². The Kier molecular flexibility index (Phi) is 5.30. The van der Waals surface area contributed by atoms with Crippen LogP contribution in [-0.2, 0) is 19.7 Å². The third-order valence-corrected chi connectivity index (χ3v) is 10.7. The van der Waals surface area contributed by atoms with E-state index in [4.69, 9.17) is 11.6 Å². The summed E-state index contributed by atoms with van der Waals surface area (Å²) in [7, 11) is -7.07. The van der Waals surface area contributed by atoms with Gasteiger partial charge in [0.1, 0.15) is 4.21 Å². The fourth-order valence-electron chi connectivity index (χ4n) is 3.44. The van der Waals surface area contributed by atoms with Crippen molar-refractivity contribution in [2.45, 2.75) is 22.4 Å². The second-order valence-electron chi connectivity index (χ2n) is 6.26. The van der Waals surface area contributed by atoms with Crippen molar-refractivity contribution in [3.63, 3.8) is 0 Å². The Hall–Kier alpha value is -0.190. The maximum atomic E-state index is 13.0. The number of rotatable bonds is 4. The van der Waals surface area contributed by atoms with Crippen molar-refractivity contribution in [2.24, 2.45) is 0 Å². The molecule has 24 heavy (non-hydrogen) atoms. The van der Waals surface area contributed by atoms with Crippen molar-refractivity contribution in [2.75, 3.05) is 44.2 Å². The largest absolute Gasteiger partial charge is 0.301 e. The van der Waals surface area contributed by atoms with E-state index in [1.165, 1.54) is 12.1 Å². The number of nitrogens with zero attached hydrogens (tertiary/aromatic N) is 2. The van der Waals surface area contributed by atoms with Crippen molar-refractivity contribution in [3.8, 4) is 0 Å². The normalized spacial score (nSPS) is 29.1. The van der Waals surface area contributed by atoms with Crippen molar-refractivity contribution in [3.05, 3.63) is 16.5 Å². The third kappa shape index (κ3) is 3.66. The van der Waals surface area contributed by atoms with E-state index in [0.717, 1.165) is 31.0 Å². The number of thiophene rings is 1. The lowest BCUT2D eigenvalue weighted by Crippen LogP contribution is -2.54. The van der Waals surface area contributed by atoms with Crippen molar-refractivity contribution in [1.29, 1.82) is 0 Å². The first-order chi connectivity index (χ1) is 11.2. The van der Waals surface area contributed by atoms with Gasteiger partial charge in [-0.1, -0.05) is 18.5 Å². The van der Waals surface area contributed by atoms with Gasteiger partial charge in [0.15, 0.2) is 19.7 Å². The standard InChI is InChI=1S/C14H21ClN2O4S3/c1-2-16-5-7-17(8-6-16)11-9-23(18,19)10-12(11)24(20,21)14-4-3-13(15)22-14/h3-4,11-12H,2,5-10H2,1H3/t11-,12-/m0/s1. The first-order valence-electron chi connectivity index (χ1n) is 7.89. The molecule has 0 bridgehead atoms. The molecule has 2 aliphatic rings. The van der Waals surface area contributed by atoms with Crippen molar-refractivity contribution < 1.29 is 16.8 Å². The Labute approximate surface area is 152 Å². The molecule has 10 heteroatoms. The first kappa shape index (κ1) is 18.6. The lowest BCUT2D eigenvalue weighted by atomic mass is 10.2. The van der Waals surface area contributed by atoms with Crippen LogP contribution in [0.2, 0.25) is 4.34 Å². The maximum absolute atomic E-state index is 13.0. The number of hydrogen-bond acceptors (Lipinski definition) is 7. The molecule has 0 N–H and O–H groups in total. The Morgan fingerprint density at radius 2 is 1.88 bits per heavy atom. The van der Waals surface area contributed by atoms with Crippen LogP contribution in [0.1, 0.15) is 6.92 Å². The maximum Gasteiger partial charge on any atom is 0.193 e. The van der Waals surface area contributed by atoms with Gasteiger partial charge in [0.25, 0.3) is 0 Å². The van der Waals surface area contributed by atoms with Crippen LogP contribution in [0, 0.1) is 0 Å². The molecule has 2 saturated heterocycles. The Bertz CT molecular complexity index is 798. The summed E-state index contributed by atoms with van der Waals surface area (Å²) in [4.78, 5) is 4.32. The molecule has 0 aromatic carbocycles. The lowest BCUT2D eigenvalue weighted by molar-refractivity contribution is 0.109. The summed E-state index contributed by atoms with van der Waals surface area (Å²) in [6.07, 6.45) is 0. The molecule has 0 spiro atoms. The number of hydrogen-bond donors (Lipinski definition) is 0. The van der Waals surface area contributed by atoms with Gasteiger partial charge < -0.3 is 4.90 Å². The highest BCUT2D eigenvalue weighted by Crippen LogP contribution is 2.34. The number of halogens is 1. The van der Waals surface area contributed by atoms with E-state index in [1.54, 1.807) is 0 Å². The van der Waals surface area contributed by atoms with Gasteiger partial charge in [-0.2, -0.15) is 0 Å². The molecule has 0 amide bonds. The van der Waals surface area contributed by atoms with Crippen LogP contribution in [-0.4, -0.2) is 82.2 Å². The highest BCUT2D eigenvalue weighted by molar-refractivity contribution is 7.97. The van der Waals surface area contributed by atoms with Gasteiger partial charge in [-0.25, -0.2) is 16.8 Å². The quantitative estimate of drug-likeness (QED) is 0.733. The molecular weight excluding hydrogens is 392 g/mol. The Morgan fingerprint density at radius 1 is 1.21 bits per heavy atom. The van der Waals surface area contributed by atoms with Crippen LogP contribution in [0.25, 0.3) is 0 Å². The number of likely N-dealkylation sites (N-methyl/N-ethyl adjacent to an activating group) is 1. The molecule has 1 aromatic heterocycles. The molecule has 0 saturated carbocycles. The Balaban J connectivity index is 1.87. The van der Waals surface area contributed by atoms with Gasteiger partial charge in [0.05, 0.1) is 21.1 Å². The van der Waals surface area contributed by atoms with Crippen LogP contribution in [0.5, 0.6) is 0 Å². The van der Waals surface area contributed by atoms with E-state index in [-0.39, 0.29) is 15.7 Å². The third-order valence-electron chi connectivity index (χ3n) is 4.82. The molecule has 6 nitrogen and oxygen atoms in total. The second-order valence-corrected chi connectivity index (χ2v) is 12.5. The molecule has 3 heterocycles. The fourth-order valence-corrected chi connectivity index (χ4v) is 9.98. The average molecular weight is 413 g/mol. The van der Waals surface area contributed by atoms with E-state index in [2.05, 4.69) is 11.8 Å². The van der Waals surface area contributed by atoms with E-state index in [1.807, 2.05) is 4.90 Å². The highest BCUT2D eigenvalue weighted by atomic mass is 35.5. The van der Waals surface area contributed by atoms with E-state index in [0.29, 0.717) is 17.4 Å². The zero-order chi connectivity index (χ0) is 17.5. The second kappa shape index (κ2) is 6.85. The summed E-state index contributed by atoms with van der Waals surface area (Å²) in [5.74, 6) is -0.383. The first-order valence-corrected chi connectivity index (χ1v) is 12.5. The van der Waals surface area contributed by atoms with E-state index < -0.39 is 31.0 Å². The van der Waals surface area contributed by atoms with Crippen LogP contribution < -0.4 is 0 Å². The summed E-state index contributed by atoms with van der Waals surface area (Å²) in [6.45, 7) is 6.11. The molecule has 136 valence electrons. The minimum Gasteiger partial charge on any atom is -0.301 e. The van der Waals surface area contributed by atoms with Gasteiger partial charge in [-0.3, -0.25) is 4.90 Å². The molecule has 2 fully saturated rings. The summed E-state index contributed by atoms with van der Waals surface area (Å²) in [5, 5.41) is -0.912. The fraction of sp³-hybridized carbons (Fsp3) is 0.714. The number of sulfone groups is 2. The van der Waals surface area contributed by atoms with Crippen LogP contribution in [0.15, 0.2) is 16.3 Å². The smallest absolute Gasteiger partial charge is 0.193 e. The molecule has 2 aliphatic heterocycles. The molecule has 3 rings (SSSR count). The number of piperazine rings is 1. The van der Waals surface area contributed by atoms with Crippen molar-refractivity contribution in [1.82, 2.24) is 9.80 Å². The van der Waals surface area contributed by atoms with E-state index in [9.17, 15) is 16.8 Å². The zero-order valence-electron chi connectivity index (χ0n) is 13.4. The highest BCUT2D eigenvalue weighted by Gasteiger charge is 2.48. The summed E-state index contributed by atoms with van der Waals surface area (Å²) < 4.78 is 50.8. The van der Waals surface area contributed by atoms with Gasteiger partial charge in [-0.15, -0.1) is 11.3 Å². The van der Waals surface area contributed by atoms with Crippen LogP contribution >= 0.6 is 22.9 Å². The summed E-state index contributed by atoms with van der Waals surface area (Å²) >= 11 is 6.86. The molecule has 0 unspecified atom stereocenters. The minimum absolute atomic E-state index is 0.0812. The molecule has 1 aromatic rings. The molecule has 0 aliphatic carbocycles. The average Bonchev–Trinajstić information content (AvgIpc) is 3.11. The van der Waals surface area contributed by atoms with Gasteiger partial charge in [0.2, 0.25) is 0 Å². The van der Waals surface area contributed by atoms with Gasteiger partial charge in [-0.05, 0) is 18.7 Å². The minimum atomic E-state index is -3.71. The SMILES string of the molecule is CCN1CCN([C@H]2CS(=O)(=O)C[C@@H]2S(=O)(=O)c2ccc(Cl)s2)CC1.